The van der Waals surface area contributed by atoms with E-state index in [1.54, 1.807) is 25.4 Å². The number of hydrogen-bond acceptors (Lipinski definition) is 7. The Morgan fingerprint density at radius 2 is 2.40 bits per heavy atom. The quantitative estimate of drug-likeness (QED) is 0.687. The molecule has 3 heterocycles. The van der Waals surface area contributed by atoms with E-state index in [0.717, 1.165) is 11.5 Å². The first-order valence-corrected chi connectivity index (χ1v) is 6.76. The summed E-state index contributed by atoms with van der Waals surface area (Å²) in [6.07, 6.45) is 3.31. The number of aromatic nitrogens is 5. The summed E-state index contributed by atoms with van der Waals surface area (Å²) in [6.45, 7) is 1.69. The van der Waals surface area contributed by atoms with Crippen LogP contribution >= 0.6 is 23.1 Å². The molecule has 0 saturated carbocycles. The van der Waals surface area contributed by atoms with Gasteiger partial charge in [0.1, 0.15) is 22.2 Å². The molecule has 0 N–H and O–H groups in total. The van der Waals surface area contributed by atoms with Gasteiger partial charge in [0.25, 0.3) is 0 Å². The highest BCUT2D eigenvalue weighted by Crippen LogP contribution is 2.19. The summed E-state index contributed by atoms with van der Waals surface area (Å²) in [5, 5.41) is 7.97. The third-order valence-electron chi connectivity index (χ3n) is 2.62. The third kappa shape index (κ3) is 2.23. The van der Waals surface area contributed by atoms with Gasteiger partial charge in [-0.3, -0.25) is 0 Å². The molecule has 20 heavy (non-hydrogen) atoms. The predicted octanol–water partition coefficient (Wildman–Crippen LogP) is 1.90. The first-order valence-electron chi connectivity index (χ1n) is 5.60. The third-order valence-corrected chi connectivity index (χ3v) is 3.61. The minimum Gasteiger partial charge on any atom is -0.455 e. The summed E-state index contributed by atoms with van der Waals surface area (Å²) in [6, 6.07) is 1.73. The number of halogens is 1. The molecule has 3 aromatic rings. The van der Waals surface area contributed by atoms with E-state index in [0.29, 0.717) is 26.9 Å². The fraction of sp³-hybridized carbons (Fsp3) is 0.182. The molecule has 3 rings (SSSR count). The Bertz CT molecular complexity index is 784. The highest BCUT2D eigenvalue weighted by Gasteiger charge is 2.20. The van der Waals surface area contributed by atoms with E-state index < -0.39 is 5.97 Å². The van der Waals surface area contributed by atoms with E-state index in [4.69, 9.17) is 16.3 Å². The highest BCUT2D eigenvalue weighted by atomic mass is 35.5. The normalized spacial score (nSPS) is 10.9. The van der Waals surface area contributed by atoms with E-state index in [9.17, 15) is 4.79 Å². The van der Waals surface area contributed by atoms with E-state index in [1.807, 2.05) is 0 Å². The van der Waals surface area contributed by atoms with Crippen molar-refractivity contribution in [3.63, 3.8) is 0 Å². The van der Waals surface area contributed by atoms with Crippen LogP contribution in [0.2, 0.25) is 4.34 Å². The van der Waals surface area contributed by atoms with Gasteiger partial charge >= 0.3 is 5.97 Å². The van der Waals surface area contributed by atoms with Crippen LogP contribution in [0.5, 0.6) is 0 Å². The van der Waals surface area contributed by atoms with Crippen LogP contribution in [0, 0.1) is 6.92 Å². The summed E-state index contributed by atoms with van der Waals surface area (Å²) in [5.74, 6) is -0.514. The molecular weight excluding hydrogens is 302 g/mol. The summed E-state index contributed by atoms with van der Waals surface area (Å²) < 4.78 is 10.8. The average molecular weight is 310 g/mol. The van der Waals surface area contributed by atoms with Crippen molar-refractivity contribution in [1.29, 1.82) is 0 Å². The van der Waals surface area contributed by atoms with E-state index >= 15 is 0 Å². The summed E-state index contributed by atoms with van der Waals surface area (Å²) in [4.78, 5) is 16.3. The van der Waals surface area contributed by atoms with Crippen molar-refractivity contribution in [1.82, 2.24) is 24.2 Å². The highest BCUT2D eigenvalue weighted by molar-refractivity contribution is 7.10. The van der Waals surface area contributed by atoms with E-state index in [-0.39, 0.29) is 6.61 Å². The summed E-state index contributed by atoms with van der Waals surface area (Å²) in [5.41, 5.74) is 1.78. The summed E-state index contributed by atoms with van der Waals surface area (Å²) >= 11 is 6.89. The van der Waals surface area contributed by atoms with Gasteiger partial charge in [-0.2, -0.15) is 5.10 Å². The first kappa shape index (κ1) is 12.9. The average Bonchev–Trinajstić information content (AvgIpc) is 2.98. The molecule has 0 aliphatic carbocycles. The Kier molecular flexibility index (Phi) is 3.33. The molecule has 0 fully saturated rings. The smallest absolute Gasteiger partial charge is 0.344 e. The SMILES string of the molecule is Cc1nn2cccnc2c1C(=O)OCc1nnsc1Cl. The standard InChI is InChI=1S/C11H8ClN5O2S/c1-6-8(10-13-3-2-4-17(10)15-6)11(18)19-5-7-9(12)20-16-14-7/h2-4H,5H2,1H3. The van der Waals surface area contributed by atoms with Crippen LogP contribution < -0.4 is 0 Å². The van der Waals surface area contributed by atoms with Gasteiger partial charge in [0.2, 0.25) is 0 Å². The number of carbonyl (C=O) groups excluding carboxylic acids is 1. The molecule has 102 valence electrons. The van der Waals surface area contributed by atoms with E-state index in [2.05, 4.69) is 19.7 Å². The largest absolute Gasteiger partial charge is 0.455 e. The van der Waals surface area contributed by atoms with Crippen LogP contribution in [0.4, 0.5) is 0 Å². The van der Waals surface area contributed by atoms with Crippen LogP contribution in [0.25, 0.3) is 5.65 Å². The monoisotopic (exact) mass is 309 g/mol. The van der Waals surface area contributed by atoms with Crippen molar-refractivity contribution in [2.24, 2.45) is 0 Å². The van der Waals surface area contributed by atoms with E-state index in [1.165, 1.54) is 4.52 Å². The molecule has 0 amide bonds. The van der Waals surface area contributed by atoms with Crippen LogP contribution in [0.15, 0.2) is 18.5 Å². The van der Waals surface area contributed by atoms with Crippen molar-refractivity contribution in [3.05, 3.63) is 39.7 Å². The Balaban J connectivity index is 1.86. The molecule has 9 heteroatoms. The maximum atomic E-state index is 12.1. The number of nitrogens with zero attached hydrogens (tertiary/aromatic N) is 5. The first-order chi connectivity index (χ1) is 9.66. The van der Waals surface area contributed by atoms with Gasteiger partial charge in [-0.1, -0.05) is 16.1 Å². The predicted molar refractivity (Wildman–Crippen MR) is 71.8 cm³/mol. The topological polar surface area (TPSA) is 82.3 Å². The van der Waals surface area contributed by atoms with Crippen LogP contribution in [0.3, 0.4) is 0 Å². The zero-order valence-corrected chi connectivity index (χ0v) is 11.9. The van der Waals surface area contributed by atoms with Crippen molar-refractivity contribution >= 4 is 34.7 Å². The molecule has 0 radical (unpaired) electrons. The molecule has 0 aromatic carbocycles. The Morgan fingerprint density at radius 1 is 1.55 bits per heavy atom. The number of carbonyl (C=O) groups is 1. The van der Waals surface area contributed by atoms with Gasteiger partial charge in [-0.05, 0) is 13.0 Å². The zero-order chi connectivity index (χ0) is 14.1. The lowest BCUT2D eigenvalue weighted by atomic mass is 10.2. The maximum Gasteiger partial charge on any atom is 0.344 e. The number of esters is 1. The van der Waals surface area contributed by atoms with Gasteiger partial charge in [0.05, 0.1) is 5.69 Å². The molecule has 0 unspecified atom stereocenters. The van der Waals surface area contributed by atoms with Gasteiger partial charge in [-0.25, -0.2) is 14.3 Å². The Hall–Kier alpha value is -2.06. The lowest BCUT2D eigenvalue weighted by Gasteiger charge is -2.02. The van der Waals surface area contributed by atoms with Crippen molar-refractivity contribution in [2.75, 3.05) is 0 Å². The second kappa shape index (κ2) is 5.14. The van der Waals surface area contributed by atoms with Gasteiger partial charge in [0.15, 0.2) is 5.65 Å². The van der Waals surface area contributed by atoms with Crippen molar-refractivity contribution in [3.8, 4) is 0 Å². The van der Waals surface area contributed by atoms with Crippen molar-refractivity contribution < 1.29 is 9.53 Å². The van der Waals surface area contributed by atoms with Gasteiger partial charge < -0.3 is 4.74 Å². The fourth-order valence-corrected chi connectivity index (χ4v) is 2.33. The minimum absolute atomic E-state index is 0.0300. The van der Waals surface area contributed by atoms with Gasteiger partial charge in [0, 0.05) is 23.9 Å². The number of ether oxygens (including phenoxy) is 1. The molecule has 0 saturated heterocycles. The Morgan fingerprint density at radius 3 is 3.15 bits per heavy atom. The minimum atomic E-state index is -0.514. The second-order valence-corrected chi connectivity index (χ2v) is 5.27. The number of fused-ring (bicyclic) bond motifs is 1. The van der Waals surface area contributed by atoms with Crippen LogP contribution in [0.1, 0.15) is 21.7 Å². The van der Waals surface area contributed by atoms with Crippen molar-refractivity contribution in [2.45, 2.75) is 13.5 Å². The summed E-state index contributed by atoms with van der Waals surface area (Å²) in [7, 11) is 0. The molecule has 7 nitrogen and oxygen atoms in total. The fourth-order valence-electron chi connectivity index (χ4n) is 1.72. The van der Waals surface area contributed by atoms with Gasteiger partial charge in [-0.15, -0.1) is 5.10 Å². The lowest BCUT2D eigenvalue weighted by Crippen LogP contribution is -2.07. The Labute approximate surface area is 122 Å². The number of hydrogen-bond donors (Lipinski definition) is 0. The molecule has 0 bridgehead atoms. The number of aryl methyl sites for hydroxylation is 1. The molecule has 0 atom stereocenters. The molecule has 0 aliphatic heterocycles. The lowest BCUT2D eigenvalue weighted by molar-refractivity contribution is 0.0469. The molecule has 0 spiro atoms. The molecule has 3 aromatic heterocycles. The van der Waals surface area contributed by atoms with Crippen LogP contribution in [-0.2, 0) is 11.3 Å². The second-order valence-electron chi connectivity index (χ2n) is 3.92. The number of rotatable bonds is 3. The zero-order valence-electron chi connectivity index (χ0n) is 10.3. The molecule has 0 aliphatic rings. The maximum absolute atomic E-state index is 12.1. The van der Waals surface area contributed by atoms with Crippen LogP contribution in [-0.4, -0.2) is 30.2 Å². The molecular formula is C11H8ClN5O2S.